The number of pyridine rings is 1. The number of rotatable bonds is 5. The first-order chi connectivity index (χ1) is 11.8. The minimum Gasteiger partial charge on any atom is -0.480 e. The van der Waals surface area contributed by atoms with Crippen LogP contribution in [0.15, 0.2) is 35.4 Å². The second-order valence-electron chi connectivity index (χ2n) is 6.24. The lowest BCUT2D eigenvalue weighted by molar-refractivity contribution is -0.150. The van der Waals surface area contributed by atoms with Crippen molar-refractivity contribution in [3.8, 4) is 0 Å². The summed E-state index contributed by atoms with van der Waals surface area (Å²) in [5.74, 6) is -1.19. The molecule has 1 N–H and O–H groups in total. The van der Waals surface area contributed by atoms with Gasteiger partial charge in [-0.05, 0) is 31.4 Å². The van der Waals surface area contributed by atoms with Crippen molar-refractivity contribution < 1.29 is 23.1 Å². The molecule has 134 valence electrons. The average molecular weight is 364 g/mol. The number of hydrogen-bond donors (Lipinski definition) is 1. The number of benzene rings is 1. The smallest absolute Gasteiger partial charge is 0.327 e. The Morgan fingerprint density at radius 2 is 2.16 bits per heavy atom. The highest BCUT2D eigenvalue weighted by atomic mass is 32.2. The van der Waals surface area contributed by atoms with Gasteiger partial charge in [-0.3, -0.25) is 9.78 Å². The normalized spacial score (nSPS) is 21.7. The van der Waals surface area contributed by atoms with E-state index in [0.29, 0.717) is 22.9 Å². The summed E-state index contributed by atoms with van der Waals surface area (Å²) >= 11 is 0. The van der Waals surface area contributed by atoms with Gasteiger partial charge in [0, 0.05) is 25.2 Å². The number of carboxylic acids is 1. The molecule has 3 rings (SSSR count). The number of carboxylic acid groups (broad SMARTS) is 1. The largest absolute Gasteiger partial charge is 0.480 e. The molecule has 1 saturated heterocycles. The standard InChI is InChI=1S/C17H20N2O5S/c1-12-6-7-13-5-3-9-18-14(13)15(12)25(22,23)19-10-4-8-17(19,11-24-2)16(20)21/h3,5-7,9H,4,8,10-11H2,1-2H3,(H,20,21). The molecular weight excluding hydrogens is 344 g/mol. The zero-order valence-electron chi connectivity index (χ0n) is 14.1. The number of hydrogen-bond acceptors (Lipinski definition) is 5. The Balaban J connectivity index is 2.23. The van der Waals surface area contributed by atoms with E-state index in [1.165, 1.54) is 13.3 Å². The van der Waals surface area contributed by atoms with Crippen LogP contribution in [-0.4, -0.2) is 54.6 Å². The fraction of sp³-hybridized carbons (Fsp3) is 0.412. The van der Waals surface area contributed by atoms with Crippen molar-refractivity contribution in [1.29, 1.82) is 0 Å². The number of aliphatic carboxylic acids is 1. The minimum atomic E-state index is -4.06. The maximum absolute atomic E-state index is 13.4. The van der Waals surface area contributed by atoms with Gasteiger partial charge in [-0.2, -0.15) is 4.31 Å². The highest BCUT2D eigenvalue weighted by Crippen LogP contribution is 2.38. The predicted octanol–water partition coefficient (Wildman–Crippen LogP) is 1.80. The van der Waals surface area contributed by atoms with Gasteiger partial charge in [-0.25, -0.2) is 8.42 Å². The van der Waals surface area contributed by atoms with Crippen LogP contribution in [-0.2, 0) is 19.6 Å². The molecule has 1 aliphatic rings. The van der Waals surface area contributed by atoms with Gasteiger partial charge in [0.1, 0.15) is 4.90 Å². The molecule has 0 bridgehead atoms. The van der Waals surface area contributed by atoms with Crippen LogP contribution in [0.5, 0.6) is 0 Å². The summed E-state index contributed by atoms with van der Waals surface area (Å²) in [5, 5.41) is 10.4. The van der Waals surface area contributed by atoms with Crippen molar-refractivity contribution in [1.82, 2.24) is 9.29 Å². The third-order valence-electron chi connectivity index (χ3n) is 4.68. The molecule has 1 unspecified atom stereocenters. The van der Waals surface area contributed by atoms with Crippen molar-refractivity contribution >= 4 is 26.9 Å². The van der Waals surface area contributed by atoms with E-state index in [-0.39, 0.29) is 24.5 Å². The number of ether oxygens (including phenoxy) is 1. The SMILES string of the molecule is COCC1(C(=O)O)CCCN1S(=O)(=O)c1c(C)ccc2cccnc12. The van der Waals surface area contributed by atoms with Crippen LogP contribution in [0.3, 0.4) is 0 Å². The van der Waals surface area contributed by atoms with Gasteiger partial charge in [0.25, 0.3) is 0 Å². The molecule has 1 aromatic heterocycles. The Labute approximate surface area is 146 Å². The molecule has 7 nitrogen and oxygen atoms in total. The molecule has 25 heavy (non-hydrogen) atoms. The van der Waals surface area contributed by atoms with Gasteiger partial charge in [0.05, 0.1) is 12.1 Å². The van der Waals surface area contributed by atoms with Crippen LogP contribution >= 0.6 is 0 Å². The number of carbonyl (C=O) groups is 1. The van der Waals surface area contributed by atoms with Gasteiger partial charge in [0.2, 0.25) is 10.0 Å². The van der Waals surface area contributed by atoms with E-state index in [9.17, 15) is 18.3 Å². The molecule has 0 saturated carbocycles. The number of fused-ring (bicyclic) bond motifs is 1. The lowest BCUT2D eigenvalue weighted by Crippen LogP contribution is -2.56. The zero-order valence-corrected chi connectivity index (χ0v) is 14.9. The molecule has 1 fully saturated rings. The summed E-state index contributed by atoms with van der Waals surface area (Å²) in [6, 6.07) is 7.03. The zero-order chi connectivity index (χ0) is 18.2. The van der Waals surface area contributed by atoms with Crippen LogP contribution in [0.4, 0.5) is 0 Å². The predicted molar refractivity (Wildman–Crippen MR) is 91.8 cm³/mol. The van der Waals surface area contributed by atoms with E-state index in [2.05, 4.69) is 4.98 Å². The van der Waals surface area contributed by atoms with Crippen molar-refractivity contribution in [3.63, 3.8) is 0 Å². The first-order valence-electron chi connectivity index (χ1n) is 7.94. The molecule has 2 heterocycles. The summed E-state index contributed by atoms with van der Waals surface area (Å²) in [4.78, 5) is 16.2. The first kappa shape index (κ1) is 17.8. The van der Waals surface area contributed by atoms with Crippen LogP contribution in [0.2, 0.25) is 0 Å². The van der Waals surface area contributed by atoms with E-state index in [0.717, 1.165) is 4.31 Å². The highest BCUT2D eigenvalue weighted by molar-refractivity contribution is 7.89. The molecule has 1 aliphatic heterocycles. The Kier molecular flexibility index (Phi) is 4.52. The van der Waals surface area contributed by atoms with Crippen LogP contribution < -0.4 is 0 Å². The fourth-order valence-corrected chi connectivity index (χ4v) is 5.68. The van der Waals surface area contributed by atoms with E-state index in [4.69, 9.17) is 4.74 Å². The van der Waals surface area contributed by atoms with Crippen molar-refractivity contribution in [2.24, 2.45) is 0 Å². The van der Waals surface area contributed by atoms with E-state index in [1.807, 2.05) is 0 Å². The molecule has 1 aromatic carbocycles. The Hall–Kier alpha value is -2.03. The Morgan fingerprint density at radius 1 is 1.40 bits per heavy atom. The van der Waals surface area contributed by atoms with Gasteiger partial charge >= 0.3 is 5.97 Å². The molecule has 0 amide bonds. The summed E-state index contributed by atoms with van der Waals surface area (Å²) in [7, 11) is -2.69. The minimum absolute atomic E-state index is 0.0641. The van der Waals surface area contributed by atoms with Gasteiger partial charge < -0.3 is 9.84 Å². The number of methoxy groups -OCH3 is 1. The summed E-state index contributed by atoms with van der Waals surface area (Å²) in [6.07, 6.45) is 2.21. The summed E-state index contributed by atoms with van der Waals surface area (Å²) in [6.45, 7) is 1.63. The van der Waals surface area contributed by atoms with Crippen LogP contribution in [0.25, 0.3) is 10.9 Å². The summed E-state index contributed by atoms with van der Waals surface area (Å²) < 4.78 is 33.0. The van der Waals surface area contributed by atoms with Crippen molar-refractivity contribution in [2.45, 2.75) is 30.2 Å². The third-order valence-corrected chi connectivity index (χ3v) is 6.83. The van der Waals surface area contributed by atoms with Gasteiger partial charge in [0.15, 0.2) is 5.54 Å². The lowest BCUT2D eigenvalue weighted by Gasteiger charge is -2.33. The van der Waals surface area contributed by atoms with Crippen molar-refractivity contribution in [3.05, 3.63) is 36.0 Å². The highest BCUT2D eigenvalue weighted by Gasteiger charge is 2.54. The molecule has 1 atom stereocenters. The molecule has 0 spiro atoms. The molecule has 2 aromatic rings. The van der Waals surface area contributed by atoms with Gasteiger partial charge in [-0.15, -0.1) is 0 Å². The number of aromatic nitrogens is 1. The van der Waals surface area contributed by atoms with Crippen LogP contribution in [0.1, 0.15) is 18.4 Å². The maximum Gasteiger partial charge on any atom is 0.327 e. The lowest BCUT2D eigenvalue weighted by atomic mass is 9.99. The fourth-order valence-electron chi connectivity index (χ4n) is 3.52. The van der Waals surface area contributed by atoms with E-state index < -0.39 is 21.5 Å². The summed E-state index contributed by atoms with van der Waals surface area (Å²) in [5.41, 5.74) is -0.697. The maximum atomic E-state index is 13.4. The molecular formula is C17H20N2O5S. The monoisotopic (exact) mass is 364 g/mol. The Morgan fingerprint density at radius 3 is 2.84 bits per heavy atom. The Bertz CT molecular complexity index is 928. The van der Waals surface area contributed by atoms with E-state index in [1.54, 1.807) is 31.2 Å². The number of nitrogens with zero attached hydrogens (tertiary/aromatic N) is 2. The number of aryl methyl sites for hydroxylation is 1. The second kappa shape index (κ2) is 6.36. The average Bonchev–Trinajstić information content (AvgIpc) is 3.01. The van der Waals surface area contributed by atoms with Crippen LogP contribution in [0, 0.1) is 6.92 Å². The topological polar surface area (TPSA) is 96.8 Å². The van der Waals surface area contributed by atoms with Gasteiger partial charge in [-0.1, -0.05) is 18.2 Å². The van der Waals surface area contributed by atoms with E-state index >= 15 is 0 Å². The quantitative estimate of drug-likeness (QED) is 0.869. The molecule has 0 aliphatic carbocycles. The molecule has 8 heteroatoms. The second-order valence-corrected chi connectivity index (χ2v) is 8.04. The van der Waals surface area contributed by atoms with Crippen molar-refractivity contribution in [2.75, 3.05) is 20.3 Å². The third kappa shape index (κ3) is 2.70. The number of sulfonamides is 1. The first-order valence-corrected chi connectivity index (χ1v) is 9.38. The molecule has 0 radical (unpaired) electrons.